The van der Waals surface area contributed by atoms with E-state index in [1.165, 1.54) is 29.9 Å². The lowest BCUT2D eigenvalue weighted by Gasteiger charge is -2.34. The van der Waals surface area contributed by atoms with E-state index in [0.717, 1.165) is 6.07 Å². The van der Waals surface area contributed by atoms with E-state index in [9.17, 15) is 12.8 Å². The van der Waals surface area contributed by atoms with Crippen molar-refractivity contribution in [3.63, 3.8) is 0 Å². The van der Waals surface area contributed by atoms with E-state index < -0.39 is 15.8 Å². The highest BCUT2D eigenvalue weighted by atomic mass is 32.2. The van der Waals surface area contributed by atoms with Gasteiger partial charge in [0.15, 0.2) is 11.6 Å². The number of hydrogen-bond acceptors (Lipinski definition) is 7. The zero-order chi connectivity index (χ0) is 20.4. The minimum Gasteiger partial charge on any atom is -0.494 e. The molecule has 1 saturated heterocycles. The molecule has 0 saturated carbocycles. The molecule has 1 aliphatic heterocycles. The van der Waals surface area contributed by atoms with E-state index in [1.807, 2.05) is 11.0 Å². The molecule has 1 fully saturated rings. The van der Waals surface area contributed by atoms with Crippen molar-refractivity contribution < 1.29 is 17.5 Å². The number of imidazole rings is 1. The van der Waals surface area contributed by atoms with Gasteiger partial charge >= 0.3 is 0 Å². The summed E-state index contributed by atoms with van der Waals surface area (Å²) in [6.45, 7) is 1.44. The summed E-state index contributed by atoms with van der Waals surface area (Å²) in [5, 5.41) is 0. The van der Waals surface area contributed by atoms with Gasteiger partial charge < -0.3 is 9.64 Å². The molecule has 2 aromatic heterocycles. The van der Waals surface area contributed by atoms with E-state index in [2.05, 4.69) is 15.0 Å². The standard InChI is InChI=1S/C18H19FN6O3S/c1-28-16-3-2-14(10-15(16)19)29(26,27)25-8-6-23(7-9-25)17-11-18(22-12-21-17)24-5-4-20-13-24/h2-5,10-13H,6-9H2,1H3. The Morgan fingerprint density at radius 1 is 1.07 bits per heavy atom. The van der Waals surface area contributed by atoms with Crippen LogP contribution in [0.2, 0.25) is 0 Å². The van der Waals surface area contributed by atoms with Crippen molar-refractivity contribution in [2.45, 2.75) is 4.90 Å². The Bertz CT molecular complexity index is 1100. The van der Waals surface area contributed by atoms with Gasteiger partial charge in [0.05, 0.1) is 12.0 Å². The molecule has 9 nitrogen and oxygen atoms in total. The van der Waals surface area contributed by atoms with Gasteiger partial charge in [0, 0.05) is 44.6 Å². The van der Waals surface area contributed by atoms with E-state index in [0.29, 0.717) is 24.7 Å². The van der Waals surface area contributed by atoms with Crippen molar-refractivity contribution in [2.24, 2.45) is 0 Å². The third-order valence-corrected chi connectivity index (χ3v) is 6.63. The van der Waals surface area contributed by atoms with E-state index in [4.69, 9.17) is 4.74 Å². The second kappa shape index (κ2) is 7.76. The summed E-state index contributed by atoms with van der Waals surface area (Å²) in [5.74, 6) is 0.680. The summed E-state index contributed by atoms with van der Waals surface area (Å²) >= 11 is 0. The van der Waals surface area contributed by atoms with Gasteiger partial charge in [-0.2, -0.15) is 4.31 Å². The highest BCUT2D eigenvalue weighted by Crippen LogP contribution is 2.25. The van der Waals surface area contributed by atoms with Gasteiger partial charge in [0.2, 0.25) is 10.0 Å². The van der Waals surface area contributed by atoms with Gasteiger partial charge in [-0.3, -0.25) is 4.57 Å². The smallest absolute Gasteiger partial charge is 0.243 e. The summed E-state index contributed by atoms with van der Waals surface area (Å²) in [6.07, 6.45) is 6.55. The summed E-state index contributed by atoms with van der Waals surface area (Å²) in [7, 11) is -2.46. The van der Waals surface area contributed by atoms with Crippen LogP contribution in [0, 0.1) is 5.82 Å². The lowest BCUT2D eigenvalue weighted by Crippen LogP contribution is -2.49. The molecule has 0 N–H and O–H groups in total. The Labute approximate surface area is 167 Å². The average molecular weight is 418 g/mol. The molecule has 29 heavy (non-hydrogen) atoms. The number of ether oxygens (including phenoxy) is 1. The van der Waals surface area contributed by atoms with Gasteiger partial charge in [0.1, 0.15) is 24.3 Å². The van der Waals surface area contributed by atoms with Crippen molar-refractivity contribution in [3.05, 3.63) is 55.1 Å². The van der Waals surface area contributed by atoms with Crippen LogP contribution in [-0.4, -0.2) is 65.5 Å². The molecule has 1 aromatic carbocycles. The van der Waals surface area contributed by atoms with Crippen LogP contribution in [-0.2, 0) is 10.0 Å². The van der Waals surface area contributed by atoms with Crippen molar-refractivity contribution in [3.8, 4) is 11.6 Å². The topological polar surface area (TPSA) is 93.5 Å². The SMILES string of the molecule is COc1ccc(S(=O)(=O)N2CCN(c3cc(-n4ccnc4)ncn3)CC2)cc1F. The van der Waals surface area contributed by atoms with Gasteiger partial charge in [-0.15, -0.1) is 0 Å². The highest BCUT2D eigenvalue weighted by molar-refractivity contribution is 7.89. The number of rotatable bonds is 5. The fourth-order valence-corrected chi connectivity index (χ4v) is 4.59. The maximum atomic E-state index is 13.9. The molecular formula is C18H19FN6O3S. The molecule has 3 aromatic rings. The fraction of sp³-hybridized carbons (Fsp3) is 0.278. The number of halogens is 1. The molecule has 0 amide bonds. The molecule has 152 valence electrons. The summed E-state index contributed by atoms with van der Waals surface area (Å²) < 4.78 is 47.6. The molecule has 0 aliphatic carbocycles. The first-order valence-electron chi connectivity index (χ1n) is 8.88. The maximum absolute atomic E-state index is 13.9. The Hall–Kier alpha value is -3.05. The van der Waals surface area contributed by atoms with Crippen LogP contribution in [0.4, 0.5) is 10.2 Å². The van der Waals surface area contributed by atoms with Crippen molar-refractivity contribution in [2.75, 3.05) is 38.2 Å². The monoisotopic (exact) mass is 418 g/mol. The lowest BCUT2D eigenvalue weighted by atomic mass is 10.3. The molecule has 0 radical (unpaired) electrons. The summed E-state index contributed by atoms with van der Waals surface area (Å²) in [4.78, 5) is 14.4. The van der Waals surface area contributed by atoms with Crippen molar-refractivity contribution in [1.82, 2.24) is 23.8 Å². The minimum atomic E-state index is -3.79. The first-order chi connectivity index (χ1) is 14.0. The molecule has 0 atom stereocenters. The number of anilines is 1. The summed E-state index contributed by atoms with van der Waals surface area (Å²) in [6, 6.07) is 5.48. The van der Waals surface area contributed by atoms with Gasteiger partial charge in [-0.1, -0.05) is 0 Å². The van der Waals surface area contributed by atoms with Crippen LogP contribution in [0.5, 0.6) is 5.75 Å². The van der Waals surface area contributed by atoms with Crippen molar-refractivity contribution in [1.29, 1.82) is 0 Å². The van der Waals surface area contributed by atoms with Crippen LogP contribution < -0.4 is 9.64 Å². The first-order valence-corrected chi connectivity index (χ1v) is 10.3. The first kappa shape index (κ1) is 19.3. The van der Waals surface area contributed by atoms with Crippen molar-refractivity contribution >= 4 is 15.8 Å². The largest absolute Gasteiger partial charge is 0.494 e. The number of methoxy groups -OCH3 is 1. The number of benzene rings is 1. The quantitative estimate of drug-likeness (QED) is 0.617. The Kier molecular flexibility index (Phi) is 5.16. The third kappa shape index (κ3) is 3.78. The van der Waals surface area contributed by atoms with Crippen LogP contribution in [0.3, 0.4) is 0 Å². The van der Waals surface area contributed by atoms with E-state index in [-0.39, 0.29) is 23.7 Å². The van der Waals surface area contributed by atoms with Crippen LogP contribution in [0.15, 0.2) is 54.2 Å². The van der Waals surface area contributed by atoms with E-state index >= 15 is 0 Å². The van der Waals surface area contributed by atoms with Crippen LogP contribution >= 0.6 is 0 Å². The zero-order valence-electron chi connectivity index (χ0n) is 15.6. The third-order valence-electron chi connectivity index (χ3n) is 4.73. The molecule has 4 rings (SSSR count). The molecule has 1 aliphatic rings. The second-order valence-electron chi connectivity index (χ2n) is 6.39. The second-order valence-corrected chi connectivity index (χ2v) is 8.33. The van der Waals surface area contributed by atoms with Crippen LogP contribution in [0.25, 0.3) is 5.82 Å². The Morgan fingerprint density at radius 3 is 2.48 bits per heavy atom. The average Bonchev–Trinajstić information content (AvgIpc) is 3.29. The van der Waals surface area contributed by atoms with E-state index in [1.54, 1.807) is 23.3 Å². The number of sulfonamides is 1. The van der Waals surface area contributed by atoms with Gasteiger partial charge in [-0.05, 0) is 18.2 Å². The van der Waals surface area contributed by atoms with Gasteiger partial charge in [0.25, 0.3) is 0 Å². The molecule has 0 bridgehead atoms. The predicted molar refractivity (Wildman–Crippen MR) is 103 cm³/mol. The number of hydrogen-bond donors (Lipinski definition) is 0. The molecular weight excluding hydrogens is 399 g/mol. The number of nitrogens with zero attached hydrogens (tertiary/aromatic N) is 6. The highest BCUT2D eigenvalue weighted by Gasteiger charge is 2.29. The number of piperazine rings is 1. The molecule has 11 heteroatoms. The molecule has 0 spiro atoms. The number of aromatic nitrogens is 4. The minimum absolute atomic E-state index is 0.00577. The Morgan fingerprint density at radius 2 is 1.83 bits per heavy atom. The van der Waals surface area contributed by atoms with Gasteiger partial charge in [-0.25, -0.2) is 27.8 Å². The Balaban J connectivity index is 1.48. The lowest BCUT2D eigenvalue weighted by molar-refractivity contribution is 0.379. The molecule has 3 heterocycles. The zero-order valence-corrected chi connectivity index (χ0v) is 16.5. The molecule has 0 unspecified atom stereocenters. The normalized spacial score (nSPS) is 15.4. The fourth-order valence-electron chi connectivity index (χ4n) is 3.16. The van der Waals surface area contributed by atoms with Crippen LogP contribution in [0.1, 0.15) is 0 Å². The maximum Gasteiger partial charge on any atom is 0.243 e. The predicted octanol–water partition coefficient (Wildman–Crippen LogP) is 1.32. The summed E-state index contributed by atoms with van der Waals surface area (Å²) in [5.41, 5.74) is 0.